The van der Waals surface area contributed by atoms with E-state index in [-0.39, 0.29) is 18.1 Å². The number of nitrogens with zero attached hydrogens (tertiary/aromatic N) is 1. The molecule has 1 aromatic carbocycles. The highest BCUT2D eigenvalue weighted by molar-refractivity contribution is 8.26. The van der Waals surface area contributed by atoms with Crippen molar-refractivity contribution < 1.29 is 24.5 Å². The average molecular weight is 396 g/mol. The number of phenols is 1. The largest absolute Gasteiger partial charge is 0.504 e. The highest BCUT2D eigenvalue weighted by atomic mass is 32.2. The van der Waals surface area contributed by atoms with Gasteiger partial charge in [0.05, 0.1) is 11.5 Å². The van der Waals surface area contributed by atoms with Crippen LogP contribution in [0.4, 0.5) is 0 Å². The van der Waals surface area contributed by atoms with Gasteiger partial charge in [-0.2, -0.15) is 0 Å². The van der Waals surface area contributed by atoms with Crippen LogP contribution in [-0.4, -0.2) is 44.5 Å². The molecule has 1 fully saturated rings. The van der Waals surface area contributed by atoms with Crippen LogP contribution in [0.25, 0.3) is 6.08 Å². The van der Waals surface area contributed by atoms with E-state index in [2.05, 4.69) is 0 Å². The molecule has 8 heteroatoms. The van der Waals surface area contributed by atoms with E-state index in [9.17, 15) is 14.7 Å². The fourth-order valence-corrected chi connectivity index (χ4v) is 3.77. The van der Waals surface area contributed by atoms with E-state index in [0.29, 0.717) is 41.0 Å². The van der Waals surface area contributed by atoms with Gasteiger partial charge >= 0.3 is 5.97 Å². The number of rotatable bonds is 9. The van der Waals surface area contributed by atoms with Crippen LogP contribution in [0.15, 0.2) is 23.1 Å². The summed E-state index contributed by atoms with van der Waals surface area (Å²) < 4.78 is 5.86. The van der Waals surface area contributed by atoms with Crippen molar-refractivity contribution in [3.8, 4) is 11.5 Å². The fraction of sp³-hybridized carbons (Fsp3) is 0.389. The first-order chi connectivity index (χ1) is 12.4. The lowest BCUT2D eigenvalue weighted by Crippen LogP contribution is -2.29. The van der Waals surface area contributed by atoms with Crippen LogP contribution < -0.4 is 4.74 Å². The van der Waals surface area contributed by atoms with Crippen molar-refractivity contribution >= 4 is 46.3 Å². The molecule has 0 spiro atoms. The normalized spacial score (nSPS) is 15.7. The summed E-state index contributed by atoms with van der Waals surface area (Å²) in [6, 6.07) is 4.91. The molecule has 1 aromatic rings. The number of hydrogen-bond acceptors (Lipinski definition) is 6. The topological polar surface area (TPSA) is 87.1 Å². The van der Waals surface area contributed by atoms with Crippen molar-refractivity contribution in [1.29, 1.82) is 0 Å². The second kappa shape index (κ2) is 9.59. The number of aromatic hydroxyl groups is 1. The molecule has 2 rings (SSSR count). The minimum absolute atomic E-state index is 0.0536. The summed E-state index contributed by atoms with van der Waals surface area (Å²) in [4.78, 5) is 25.1. The number of aliphatic carboxylic acids is 1. The molecule has 0 saturated carbocycles. The van der Waals surface area contributed by atoms with Crippen LogP contribution in [0, 0.1) is 0 Å². The van der Waals surface area contributed by atoms with Gasteiger partial charge in [-0.15, -0.1) is 0 Å². The Labute approximate surface area is 161 Å². The first-order valence-electron chi connectivity index (χ1n) is 8.35. The Hall–Kier alpha value is -2.06. The third kappa shape index (κ3) is 5.47. The number of benzene rings is 1. The van der Waals surface area contributed by atoms with Crippen LogP contribution in [0.3, 0.4) is 0 Å². The zero-order valence-electron chi connectivity index (χ0n) is 14.4. The third-order valence-corrected chi connectivity index (χ3v) is 5.11. The lowest BCUT2D eigenvalue weighted by molar-refractivity contribution is -0.137. The number of phenolic OH excluding ortho intramolecular Hbond substituents is 1. The number of carboxylic acids is 1. The lowest BCUT2D eigenvalue weighted by Gasteiger charge is -2.13. The molecule has 1 aliphatic rings. The zero-order valence-corrected chi connectivity index (χ0v) is 16.1. The van der Waals surface area contributed by atoms with Crippen molar-refractivity contribution in [2.45, 2.75) is 32.6 Å². The van der Waals surface area contributed by atoms with Gasteiger partial charge in [-0.1, -0.05) is 36.5 Å². The third-order valence-electron chi connectivity index (χ3n) is 3.73. The quantitative estimate of drug-likeness (QED) is 0.375. The minimum Gasteiger partial charge on any atom is -0.504 e. The summed E-state index contributed by atoms with van der Waals surface area (Å²) >= 11 is 6.53. The SMILES string of the molecule is CCOc1cc(/C=C2/SC(=S)N(CCCCCC(=O)O)C2=O)ccc1O. The molecule has 0 aromatic heterocycles. The standard InChI is InChI=1S/C18H21NO5S2/c1-2-24-14-10-12(7-8-13(14)20)11-15-17(23)19(18(25)26-15)9-5-3-4-6-16(21)22/h7-8,10-11,20H,2-6,9H2,1H3,(H,21,22)/b15-11+. The summed E-state index contributed by atoms with van der Waals surface area (Å²) in [6.07, 6.45) is 3.90. The highest BCUT2D eigenvalue weighted by Crippen LogP contribution is 2.34. The Morgan fingerprint density at radius 1 is 1.35 bits per heavy atom. The highest BCUT2D eigenvalue weighted by Gasteiger charge is 2.31. The maximum absolute atomic E-state index is 12.5. The number of carbonyl (C=O) groups excluding carboxylic acids is 1. The number of carboxylic acid groups (broad SMARTS) is 1. The van der Waals surface area contributed by atoms with Gasteiger partial charge in [0.1, 0.15) is 4.32 Å². The molecule has 26 heavy (non-hydrogen) atoms. The number of carbonyl (C=O) groups is 2. The molecule has 140 valence electrons. The zero-order chi connectivity index (χ0) is 19.1. The molecule has 0 unspecified atom stereocenters. The Morgan fingerprint density at radius 2 is 2.12 bits per heavy atom. The number of thiocarbonyl (C=S) groups is 1. The summed E-state index contributed by atoms with van der Waals surface area (Å²) in [5, 5.41) is 18.4. The molecular weight excluding hydrogens is 374 g/mol. The first kappa shape index (κ1) is 20.3. The van der Waals surface area contributed by atoms with E-state index in [1.54, 1.807) is 23.1 Å². The number of thioether (sulfide) groups is 1. The van der Waals surface area contributed by atoms with Gasteiger partial charge in [-0.3, -0.25) is 14.5 Å². The maximum atomic E-state index is 12.5. The van der Waals surface area contributed by atoms with Crippen molar-refractivity contribution in [3.63, 3.8) is 0 Å². The maximum Gasteiger partial charge on any atom is 0.303 e. The van der Waals surface area contributed by atoms with Gasteiger partial charge in [-0.25, -0.2) is 0 Å². The molecule has 6 nitrogen and oxygen atoms in total. The van der Waals surface area contributed by atoms with E-state index in [1.807, 2.05) is 6.92 Å². The number of unbranched alkanes of at least 4 members (excludes halogenated alkanes) is 2. The van der Waals surface area contributed by atoms with Gasteiger partial charge in [0.15, 0.2) is 11.5 Å². The first-order valence-corrected chi connectivity index (χ1v) is 9.57. The average Bonchev–Trinajstić information content (AvgIpc) is 2.84. The van der Waals surface area contributed by atoms with Crippen LogP contribution in [-0.2, 0) is 9.59 Å². The smallest absolute Gasteiger partial charge is 0.303 e. The predicted molar refractivity (Wildman–Crippen MR) is 105 cm³/mol. The monoisotopic (exact) mass is 395 g/mol. The van der Waals surface area contributed by atoms with E-state index in [4.69, 9.17) is 22.1 Å². The van der Waals surface area contributed by atoms with Crippen molar-refractivity contribution in [1.82, 2.24) is 4.90 Å². The van der Waals surface area contributed by atoms with Gasteiger partial charge in [0, 0.05) is 13.0 Å². The Morgan fingerprint density at radius 3 is 2.81 bits per heavy atom. The lowest BCUT2D eigenvalue weighted by atomic mass is 10.1. The number of hydrogen-bond donors (Lipinski definition) is 2. The Balaban J connectivity index is 2.00. The van der Waals surface area contributed by atoms with Crippen molar-refractivity contribution in [2.75, 3.05) is 13.2 Å². The molecule has 1 amide bonds. The second-order valence-electron chi connectivity index (χ2n) is 5.70. The Kier molecular flexibility index (Phi) is 7.47. The number of amides is 1. The summed E-state index contributed by atoms with van der Waals surface area (Å²) in [5.41, 5.74) is 0.744. The molecule has 0 bridgehead atoms. The van der Waals surface area contributed by atoms with Crippen LogP contribution in [0.2, 0.25) is 0 Å². The van der Waals surface area contributed by atoms with E-state index in [1.165, 1.54) is 17.8 Å². The summed E-state index contributed by atoms with van der Waals surface area (Å²) in [5.74, 6) is -0.531. The van der Waals surface area contributed by atoms with Crippen LogP contribution >= 0.6 is 24.0 Å². The van der Waals surface area contributed by atoms with Crippen molar-refractivity contribution in [3.05, 3.63) is 28.7 Å². The fourth-order valence-electron chi connectivity index (χ4n) is 2.46. The predicted octanol–water partition coefficient (Wildman–Crippen LogP) is 3.64. The van der Waals surface area contributed by atoms with Gasteiger partial charge in [0.25, 0.3) is 5.91 Å². The summed E-state index contributed by atoms with van der Waals surface area (Å²) in [6.45, 7) is 2.75. The van der Waals surface area contributed by atoms with Gasteiger partial charge < -0.3 is 14.9 Å². The molecular formula is C18H21NO5S2. The molecule has 1 heterocycles. The Bertz CT molecular complexity index is 732. The van der Waals surface area contributed by atoms with Crippen LogP contribution in [0.1, 0.15) is 38.2 Å². The molecule has 2 N–H and O–H groups in total. The van der Waals surface area contributed by atoms with Crippen molar-refractivity contribution in [2.24, 2.45) is 0 Å². The van der Waals surface area contributed by atoms with E-state index >= 15 is 0 Å². The van der Waals surface area contributed by atoms with Gasteiger partial charge in [0.2, 0.25) is 0 Å². The second-order valence-corrected chi connectivity index (χ2v) is 7.37. The minimum atomic E-state index is -0.807. The molecule has 0 aliphatic carbocycles. The number of ether oxygens (including phenoxy) is 1. The van der Waals surface area contributed by atoms with Gasteiger partial charge in [-0.05, 0) is 43.5 Å². The molecule has 0 radical (unpaired) electrons. The summed E-state index contributed by atoms with van der Waals surface area (Å²) in [7, 11) is 0. The molecule has 1 saturated heterocycles. The molecule has 0 atom stereocenters. The van der Waals surface area contributed by atoms with Crippen LogP contribution in [0.5, 0.6) is 11.5 Å². The van der Waals surface area contributed by atoms with E-state index in [0.717, 1.165) is 12.0 Å². The molecule has 1 aliphatic heterocycles. The van der Waals surface area contributed by atoms with E-state index < -0.39 is 5.97 Å².